The first-order valence-corrected chi connectivity index (χ1v) is 3.89. The molecule has 1 N–H and O–H groups in total. The van der Waals surface area contributed by atoms with Crippen molar-refractivity contribution < 1.29 is 14.3 Å². The molecule has 0 amide bonds. The lowest BCUT2D eigenvalue weighted by atomic mass is 9.96. The zero-order chi connectivity index (χ0) is 8.69. The van der Waals surface area contributed by atoms with E-state index in [1.807, 2.05) is 0 Å². The summed E-state index contributed by atoms with van der Waals surface area (Å²) in [4.78, 5) is 10.8. The third-order valence-electron chi connectivity index (χ3n) is 1.74. The summed E-state index contributed by atoms with van der Waals surface area (Å²) in [5.74, 6) is -0.0942. The van der Waals surface area contributed by atoms with Crippen LogP contribution in [0.2, 0.25) is 0 Å². The van der Waals surface area contributed by atoms with Crippen LogP contribution < -0.4 is 0 Å². The highest BCUT2D eigenvalue weighted by Gasteiger charge is 2.12. The summed E-state index contributed by atoms with van der Waals surface area (Å²) in [7, 11) is 0. The van der Waals surface area contributed by atoms with Gasteiger partial charge in [0.05, 0.1) is 6.67 Å². The number of alkyl halides is 1. The fraction of sp³-hybridized carbons (Fsp3) is 0.875. The smallest absolute Gasteiger partial charge is 0.132 e. The van der Waals surface area contributed by atoms with Gasteiger partial charge in [-0.15, -0.1) is 0 Å². The molecule has 0 bridgehead atoms. The number of carbonyl (C=O) groups is 1. The average molecular weight is 162 g/mol. The number of aliphatic hydroxyl groups is 1. The molecule has 0 fully saturated rings. The molecule has 2 nitrogen and oxygen atoms in total. The van der Waals surface area contributed by atoms with E-state index in [-0.39, 0.29) is 25.0 Å². The Balaban J connectivity index is 3.60. The molecule has 0 aromatic heterocycles. The second kappa shape index (κ2) is 6.28. The van der Waals surface area contributed by atoms with E-state index < -0.39 is 0 Å². The van der Waals surface area contributed by atoms with Crippen molar-refractivity contribution in [1.82, 2.24) is 0 Å². The van der Waals surface area contributed by atoms with Gasteiger partial charge in [0.25, 0.3) is 0 Å². The van der Waals surface area contributed by atoms with E-state index >= 15 is 0 Å². The predicted octanol–water partition coefficient (Wildman–Crippen LogP) is 1.32. The van der Waals surface area contributed by atoms with Gasteiger partial charge in [0.2, 0.25) is 0 Å². The second-order valence-corrected chi connectivity index (χ2v) is 2.65. The highest BCUT2D eigenvalue weighted by atomic mass is 19.1. The minimum atomic E-state index is -0.380. The fourth-order valence-corrected chi connectivity index (χ4v) is 1.03. The monoisotopic (exact) mass is 162 g/mol. The maximum Gasteiger partial charge on any atom is 0.132 e. The molecular formula is C8H15FO2. The van der Waals surface area contributed by atoms with Gasteiger partial charge in [-0.1, -0.05) is 0 Å². The number of Topliss-reactive ketones (excluding diaryl/α,β-unsaturated/α-hetero) is 1. The molecule has 0 spiro atoms. The van der Waals surface area contributed by atoms with Gasteiger partial charge >= 0.3 is 0 Å². The van der Waals surface area contributed by atoms with Crippen molar-refractivity contribution in [1.29, 1.82) is 0 Å². The van der Waals surface area contributed by atoms with E-state index in [2.05, 4.69) is 0 Å². The Morgan fingerprint density at radius 1 is 1.55 bits per heavy atom. The van der Waals surface area contributed by atoms with E-state index in [9.17, 15) is 9.18 Å². The van der Waals surface area contributed by atoms with Crippen LogP contribution in [0.1, 0.15) is 26.2 Å². The Bertz CT molecular complexity index is 115. The quantitative estimate of drug-likeness (QED) is 0.639. The summed E-state index contributed by atoms with van der Waals surface area (Å²) in [5.41, 5.74) is 0. The predicted molar refractivity (Wildman–Crippen MR) is 41.1 cm³/mol. The zero-order valence-corrected chi connectivity index (χ0v) is 6.85. The molecule has 11 heavy (non-hydrogen) atoms. The van der Waals surface area contributed by atoms with Crippen molar-refractivity contribution in [2.24, 2.45) is 5.92 Å². The van der Waals surface area contributed by atoms with Gasteiger partial charge in [0.1, 0.15) is 5.78 Å². The molecule has 0 aliphatic carbocycles. The van der Waals surface area contributed by atoms with Crippen molar-refractivity contribution in [3.8, 4) is 0 Å². The number of hydrogen-bond donors (Lipinski definition) is 1. The minimum Gasteiger partial charge on any atom is -0.396 e. The van der Waals surface area contributed by atoms with Gasteiger partial charge < -0.3 is 5.11 Å². The molecule has 0 aliphatic rings. The van der Waals surface area contributed by atoms with E-state index in [0.29, 0.717) is 19.3 Å². The lowest BCUT2D eigenvalue weighted by molar-refractivity contribution is -0.121. The molecule has 0 aromatic carbocycles. The van der Waals surface area contributed by atoms with Crippen molar-refractivity contribution >= 4 is 5.78 Å². The van der Waals surface area contributed by atoms with Gasteiger partial charge in [-0.25, -0.2) is 0 Å². The van der Waals surface area contributed by atoms with Crippen molar-refractivity contribution in [2.45, 2.75) is 26.2 Å². The molecule has 0 rings (SSSR count). The van der Waals surface area contributed by atoms with Crippen LogP contribution in [-0.2, 0) is 4.79 Å². The molecule has 1 unspecified atom stereocenters. The molecule has 0 aliphatic heterocycles. The topological polar surface area (TPSA) is 37.3 Å². The third-order valence-corrected chi connectivity index (χ3v) is 1.74. The Kier molecular flexibility index (Phi) is 6.03. The SMILES string of the molecule is CC(=O)C(CCO)CCCF. The maximum absolute atomic E-state index is 11.7. The van der Waals surface area contributed by atoms with Crippen molar-refractivity contribution in [3.05, 3.63) is 0 Å². The first-order valence-electron chi connectivity index (χ1n) is 3.89. The van der Waals surface area contributed by atoms with E-state index in [0.717, 1.165) is 0 Å². The fourth-order valence-electron chi connectivity index (χ4n) is 1.03. The van der Waals surface area contributed by atoms with Gasteiger partial charge in [-0.3, -0.25) is 9.18 Å². The van der Waals surface area contributed by atoms with Crippen LogP contribution in [0.25, 0.3) is 0 Å². The summed E-state index contributed by atoms with van der Waals surface area (Å²) in [6, 6.07) is 0. The van der Waals surface area contributed by atoms with Crippen LogP contribution in [0.4, 0.5) is 4.39 Å². The lowest BCUT2D eigenvalue weighted by Crippen LogP contribution is -2.12. The standard InChI is InChI=1S/C8H15FO2/c1-7(11)8(4-6-10)3-2-5-9/h8,10H,2-6H2,1H3. The van der Waals surface area contributed by atoms with Gasteiger partial charge in [-0.05, 0) is 26.2 Å². The highest BCUT2D eigenvalue weighted by Crippen LogP contribution is 2.11. The van der Waals surface area contributed by atoms with E-state index in [4.69, 9.17) is 5.11 Å². The normalized spacial score (nSPS) is 13.0. The summed E-state index contributed by atoms with van der Waals surface area (Å²) in [6.45, 7) is 1.12. The van der Waals surface area contributed by atoms with Gasteiger partial charge in [0.15, 0.2) is 0 Å². The Hall–Kier alpha value is -0.440. The number of halogens is 1. The molecular weight excluding hydrogens is 147 g/mol. The zero-order valence-electron chi connectivity index (χ0n) is 6.85. The molecule has 3 heteroatoms. The Morgan fingerprint density at radius 3 is 2.55 bits per heavy atom. The van der Waals surface area contributed by atoms with Crippen molar-refractivity contribution in [3.63, 3.8) is 0 Å². The van der Waals surface area contributed by atoms with Gasteiger partial charge in [0, 0.05) is 12.5 Å². The molecule has 1 atom stereocenters. The Labute approximate surface area is 66.4 Å². The molecule has 0 radical (unpaired) electrons. The molecule has 0 heterocycles. The lowest BCUT2D eigenvalue weighted by Gasteiger charge is -2.09. The number of ketones is 1. The van der Waals surface area contributed by atoms with Crippen molar-refractivity contribution in [2.75, 3.05) is 13.3 Å². The van der Waals surface area contributed by atoms with Crippen LogP contribution in [-0.4, -0.2) is 24.2 Å². The average Bonchev–Trinajstić information content (AvgIpc) is 1.97. The summed E-state index contributed by atoms with van der Waals surface area (Å²) in [5, 5.41) is 8.54. The molecule has 0 saturated carbocycles. The summed E-state index contributed by atoms with van der Waals surface area (Å²) < 4.78 is 11.7. The van der Waals surface area contributed by atoms with E-state index in [1.165, 1.54) is 6.92 Å². The first kappa shape index (κ1) is 10.6. The van der Waals surface area contributed by atoms with Gasteiger partial charge in [-0.2, -0.15) is 0 Å². The number of aliphatic hydroxyl groups excluding tert-OH is 1. The molecule has 66 valence electrons. The van der Waals surface area contributed by atoms with Crippen LogP contribution >= 0.6 is 0 Å². The molecule has 0 aromatic rings. The largest absolute Gasteiger partial charge is 0.396 e. The van der Waals surface area contributed by atoms with E-state index in [1.54, 1.807) is 0 Å². The highest BCUT2D eigenvalue weighted by molar-refractivity contribution is 5.78. The summed E-state index contributed by atoms with van der Waals surface area (Å²) in [6.07, 6.45) is 1.45. The maximum atomic E-state index is 11.7. The second-order valence-electron chi connectivity index (χ2n) is 2.65. The number of carbonyl (C=O) groups excluding carboxylic acids is 1. The van der Waals surface area contributed by atoms with Crippen LogP contribution in [0, 0.1) is 5.92 Å². The summed E-state index contributed by atoms with van der Waals surface area (Å²) >= 11 is 0. The third kappa shape index (κ3) is 4.90. The van der Waals surface area contributed by atoms with Crippen LogP contribution in [0.3, 0.4) is 0 Å². The first-order chi connectivity index (χ1) is 5.22. The minimum absolute atomic E-state index is 0.0104. The van der Waals surface area contributed by atoms with Crippen LogP contribution in [0.5, 0.6) is 0 Å². The Morgan fingerprint density at radius 2 is 2.18 bits per heavy atom. The molecule has 0 saturated heterocycles. The number of rotatable bonds is 6. The number of hydrogen-bond acceptors (Lipinski definition) is 2. The van der Waals surface area contributed by atoms with Crippen LogP contribution in [0.15, 0.2) is 0 Å².